The minimum atomic E-state index is -0.180. The number of aliphatic imine (C=N–C) groups is 1. The molecule has 1 saturated heterocycles. The molecule has 0 spiro atoms. The van der Waals surface area contributed by atoms with Crippen LogP contribution in [0.25, 0.3) is 0 Å². The van der Waals surface area contributed by atoms with E-state index in [1.807, 2.05) is 6.92 Å². The van der Waals surface area contributed by atoms with Gasteiger partial charge in [-0.3, -0.25) is 9.69 Å². The topological polar surface area (TPSA) is 89.0 Å². The number of likely N-dealkylation sites (tertiary alicyclic amines) is 1. The van der Waals surface area contributed by atoms with Gasteiger partial charge < -0.3 is 21.1 Å². The van der Waals surface area contributed by atoms with Gasteiger partial charge in [-0.15, -0.1) is 24.0 Å². The number of halogens is 1. The second kappa shape index (κ2) is 13.0. The number of piperidine rings is 1. The highest BCUT2D eigenvalue weighted by Gasteiger charge is 2.27. The highest BCUT2D eigenvalue weighted by atomic mass is 127. The molecule has 30 heavy (non-hydrogen) atoms. The van der Waals surface area contributed by atoms with Crippen molar-refractivity contribution in [2.24, 2.45) is 4.99 Å². The van der Waals surface area contributed by atoms with Crippen LogP contribution in [0.4, 0.5) is 5.69 Å². The van der Waals surface area contributed by atoms with Crippen molar-refractivity contribution in [1.29, 1.82) is 0 Å². The van der Waals surface area contributed by atoms with E-state index in [1.54, 1.807) is 24.3 Å². The van der Waals surface area contributed by atoms with Gasteiger partial charge in [0.2, 0.25) is 5.91 Å². The first-order valence-electron chi connectivity index (χ1n) is 11.0. The fourth-order valence-electron chi connectivity index (χ4n) is 4.31. The van der Waals surface area contributed by atoms with E-state index in [1.165, 1.54) is 45.1 Å². The molecule has 8 heteroatoms. The number of carbonyl (C=O) groups excluding carboxylic acids is 1. The number of carbonyl (C=O) groups is 1. The van der Waals surface area contributed by atoms with E-state index in [0.29, 0.717) is 17.7 Å². The van der Waals surface area contributed by atoms with E-state index >= 15 is 0 Å². The molecule has 0 aromatic heterocycles. The molecule has 1 aliphatic heterocycles. The molecule has 1 amide bonds. The number of aromatic hydroxyl groups is 1. The Morgan fingerprint density at radius 3 is 2.57 bits per heavy atom. The number of phenols is 1. The summed E-state index contributed by atoms with van der Waals surface area (Å²) < 4.78 is 0. The number of amides is 1. The van der Waals surface area contributed by atoms with Crippen LogP contribution in [0.3, 0.4) is 0 Å². The summed E-state index contributed by atoms with van der Waals surface area (Å²) in [6, 6.07) is 7.54. The van der Waals surface area contributed by atoms with Crippen LogP contribution >= 0.6 is 24.0 Å². The first-order chi connectivity index (χ1) is 14.1. The maximum absolute atomic E-state index is 12.2. The van der Waals surface area contributed by atoms with Crippen molar-refractivity contribution in [2.75, 3.05) is 31.5 Å². The zero-order valence-electron chi connectivity index (χ0n) is 17.9. The molecule has 1 aromatic carbocycles. The third-order valence-corrected chi connectivity index (χ3v) is 5.76. The van der Waals surface area contributed by atoms with Gasteiger partial charge in [0.05, 0.1) is 0 Å². The summed E-state index contributed by atoms with van der Waals surface area (Å²) in [5.41, 5.74) is 0.649. The predicted molar refractivity (Wildman–Crippen MR) is 133 cm³/mol. The van der Waals surface area contributed by atoms with Crippen molar-refractivity contribution in [2.45, 2.75) is 64.0 Å². The number of rotatable bonds is 6. The van der Waals surface area contributed by atoms with E-state index < -0.39 is 0 Å². The van der Waals surface area contributed by atoms with Gasteiger partial charge in [-0.25, -0.2) is 4.99 Å². The van der Waals surface area contributed by atoms with Gasteiger partial charge in [-0.1, -0.05) is 19.3 Å². The molecule has 3 rings (SSSR count). The molecule has 7 nitrogen and oxygen atoms in total. The number of hydrogen-bond donors (Lipinski definition) is 4. The number of guanidine groups is 1. The van der Waals surface area contributed by atoms with Gasteiger partial charge in [0.1, 0.15) is 12.3 Å². The zero-order valence-corrected chi connectivity index (χ0v) is 20.2. The minimum absolute atomic E-state index is 0. The predicted octanol–water partition coefficient (Wildman–Crippen LogP) is 3.30. The van der Waals surface area contributed by atoms with Crippen LogP contribution in [0.5, 0.6) is 5.75 Å². The van der Waals surface area contributed by atoms with Crippen molar-refractivity contribution in [3.63, 3.8) is 0 Å². The Morgan fingerprint density at radius 2 is 1.87 bits per heavy atom. The second-order valence-electron chi connectivity index (χ2n) is 8.06. The first kappa shape index (κ1) is 24.7. The van der Waals surface area contributed by atoms with E-state index in [-0.39, 0.29) is 42.2 Å². The van der Waals surface area contributed by atoms with Gasteiger partial charge in [-0.05, 0) is 63.4 Å². The zero-order chi connectivity index (χ0) is 20.5. The smallest absolute Gasteiger partial charge is 0.246 e. The normalized spacial score (nSPS) is 20.8. The Labute approximate surface area is 197 Å². The summed E-state index contributed by atoms with van der Waals surface area (Å²) in [7, 11) is 0. The molecule has 0 radical (unpaired) electrons. The van der Waals surface area contributed by atoms with Gasteiger partial charge in [0, 0.05) is 30.9 Å². The van der Waals surface area contributed by atoms with Gasteiger partial charge >= 0.3 is 0 Å². The molecule has 2 fully saturated rings. The average molecular weight is 529 g/mol. The van der Waals surface area contributed by atoms with Crippen LogP contribution < -0.4 is 16.0 Å². The SMILES string of the molecule is CCNC(=NCC(=O)Nc1ccc(O)cc1)NC1CCCN(C2CCCCC2)C1.I. The molecule has 1 unspecified atom stereocenters. The van der Waals surface area contributed by atoms with E-state index in [0.717, 1.165) is 25.6 Å². The summed E-state index contributed by atoms with van der Waals surface area (Å²) >= 11 is 0. The fourth-order valence-corrected chi connectivity index (χ4v) is 4.31. The summed E-state index contributed by atoms with van der Waals surface area (Å²) in [4.78, 5) is 19.3. The van der Waals surface area contributed by atoms with Crippen molar-refractivity contribution in [1.82, 2.24) is 15.5 Å². The lowest BCUT2D eigenvalue weighted by Gasteiger charge is -2.40. The van der Waals surface area contributed by atoms with Crippen molar-refractivity contribution < 1.29 is 9.90 Å². The molecule has 0 bridgehead atoms. The third-order valence-electron chi connectivity index (χ3n) is 5.76. The standard InChI is InChI=1S/C22H35N5O2.HI/c1-2-23-22(24-15-21(29)25-17-10-12-20(28)13-11-17)26-18-7-6-14-27(16-18)19-8-4-3-5-9-19;/h10-13,18-19,28H,2-9,14-16H2,1H3,(H,25,29)(H2,23,24,26);1H. The maximum atomic E-state index is 12.2. The number of hydrogen-bond acceptors (Lipinski definition) is 4. The van der Waals surface area contributed by atoms with Gasteiger partial charge in [-0.2, -0.15) is 0 Å². The number of nitrogens with one attached hydrogen (secondary N) is 3. The number of benzene rings is 1. The summed E-state index contributed by atoms with van der Waals surface area (Å²) in [6.07, 6.45) is 9.10. The molecule has 1 atom stereocenters. The maximum Gasteiger partial charge on any atom is 0.246 e. The lowest BCUT2D eigenvalue weighted by atomic mass is 9.92. The molecule has 1 saturated carbocycles. The summed E-state index contributed by atoms with van der Waals surface area (Å²) in [5, 5.41) is 18.9. The molecular weight excluding hydrogens is 493 g/mol. The molecule has 1 aromatic rings. The highest BCUT2D eigenvalue weighted by Crippen LogP contribution is 2.25. The Hall–Kier alpha value is -1.55. The largest absolute Gasteiger partial charge is 0.508 e. The van der Waals surface area contributed by atoms with Crippen molar-refractivity contribution >= 4 is 41.5 Å². The highest BCUT2D eigenvalue weighted by molar-refractivity contribution is 14.0. The van der Waals surface area contributed by atoms with Crippen LogP contribution in [0.2, 0.25) is 0 Å². The first-order valence-corrected chi connectivity index (χ1v) is 11.0. The summed E-state index contributed by atoms with van der Waals surface area (Å²) in [6.45, 7) is 5.09. The molecule has 1 heterocycles. The van der Waals surface area contributed by atoms with Crippen LogP contribution in [-0.4, -0.2) is 60.1 Å². The minimum Gasteiger partial charge on any atom is -0.508 e. The van der Waals surface area contributed by atoms with Crippen LogP contribution in [-0.2, 0) is 4.79 Å². The van der Waals surface area contributed by atoms with Gasteiger partial charge in [0.15, 0.2) is 5.96 Å². The van der Waals surface area contributed by atoms with Crippen molar-refractivity contribution in [3.8, 4) is 5.75 Å². The third kappa shape index (κ3) is 7.94. The van der Waals surface area contributed by atoms with Crippen LogP contribution in [0, 0.1) is 0 Å². The molecule has 2 aliphatic rings. The number of phenolic OH excluding ortho intramolecular Hbond substituents is 1. The Balaban J connectivity index is 0.00000320. The quantitative estimate of drug-likeness (QED) is 0.197. The average Bonchev–Trinajstić information content (AvgIpc) is 2.75. The van der Waals surface area contributed by atoms with E-state index in [4.69, 9.17) is 0 Å². The molecule has 4 N–H and O–H groups in total. The molecule has 168 valence electrons. The van der Waals surface area contributed by atoms with Gasteiger partial charge in [0.25, 0.3) is 0 Å². The monoisotopic (exact) mass is 529 g/mol. The van der Waals surface area contributed by atoms with Crippen LogP contribution in [0.1, 0.15) is 51.9 Å². The number of nitrogens with zero attached hydrogens (tertiary/aromatic N) is 2. The lowest BCUT2D eigenvalue weighted by Crippen LogP contribution is -2.53. The molecule has 1 aliphatic carbocycles. The van der Waals surface area contributed by atoms with Crippen LogP contribution in [0.15, 0.2) is 29.3 Å². The van der Waals surface area contributed by atoms with Crippen molar-refractivity contribution in [3.05, 3.63) is 24.3 Å². The molecular formula is C22H36IN5O2. The fraction of sp³-hybridized carbons (Fsp3) is 0.636. The Bertz CT molecular complexity index is 677. The van der Waals surface area contributed by atoms with E-state index in [9.17, 15) is 9.90 Å². The van der Waals surface area contributed by atoms with E-state index in [2.05, 4.69) is 25.8 Å². The Morgan fingerprint density at radius 1 is 1.13 bits per heavy atom. The number of anilines is 1. The lowest BCUT2D eigenvalue weighted by molar-refractivity contribution is -0.114. The summed E-state index contributed by atoms with van der Waals surface area (Å²) in [5.74, 6) is 0.693. The Kier molecular flexibility index (Phi) is 10.7. The second-order valence-corrected chi connectivity index (χ2v) is 8.06.